The van der Waals surface area contributed by atoms with E-state index >= 15 is 0 Å². The number of nitrogens with zero attached hydrogens (tertiary/aromatic N) is 2. The number of esters is 2. The molecule has 2 aromatic carbocycles. The Morgan fingerprint density at radius 3 is 1.97 bits per heavy atom. The van der Waals surface area contributed by atoms with Crippen molar-refractivity contribution in [1.82, 2.24) is 9.97 Å². The van der Waals surface area contributed by atoms with E-state index in [1.54, 1.807) is 61.7 Å². The lowest BCUT2D eigenvalue weighted by atomic mass is 10.1. The number of rotatable bonds is 8. The number of carbonyl (C=O) groups excluding carboxylic acids is 3. The highest BCUT2D eigenvalue weighted by molar-refractivity contribution is 5.98. The molecule has 190 valence electrons. The van der Waals surface area contributed by atoms with E-state index in [2.05, 4.69) is 15.3 Å². The Morgan fingerprint density at radius 2 is 1.37 bits per heavy atom. The third-order valence-corrected chi connectivity index (χ3v) is 5.42. The van der Waals surface area contributed by atoms with Gasteiger partial charge in [0.05, 0.1) is 41.3 Å². The van der Waals surface area contributed by atoms with Crippen LogP contribution in [-0.2, 0) is 14.3 Å². The first-order valence-corrected chi connectivity index (χ1v) is 11.7. The fraction of sp³-hybridized carbons (Fsp3) is 0.107. The maximum absolute atomic E-state index is 12.7. The molecule has 0 aliphatic rings. The molecule has 0 aliphatic carbocycles. The highest BCUT2D eigenvalue weighted by atomic mass is 16.5. The van der Waals surface area contributed by atoms with Gasteiger partial charge >= 0.3 is 11.9 Å². The molecule has 10 heteroatoms. The van der Waals surface area contributed by atoms with Gasteiger partial charge in [-0.25, -0.2) is 19.6 Å². The third kappa shape index (κ3) is 5.29. The number of hydrogen-bond donors (Lipinski definition) is 1. The smallest absolute Gasteiger partial charge is 0.338 e. The van der Waals surface area contributed by atoms with Crippen LogP contribution in [0.25, 0.3) is 33.9 Å². The molecule has 3 aromatic heterocycles. The van der Waals surface area contributed by atoms with Crippen LogP contribution in [0.4, 0.5) is 5.69 Å². The fourth-order valence-electron chi connectivity index (χ4n) is 3.67. The Bertz CT molecular complexity index is 1590. The summed E-state index contributed by atoms with van der Waals surface area (Å²) < 4.78 is 21.2. The van der Waals surface area contributed by atoms with Gasteiger partial charge in [-0.1, -0.05) is 0 Å². The van der Waals surface area contributed by atoms with Crippen LogP contribution in [0.15, 0.2) is 88.1 Å². The van der Waals surface area contributed by atoms with E-state index in [9.17, 15) is 14.4 Å². The van der Waals surface area contributed by atoms with Crippen molar-refractivity contribution >= 4 is 34.6 Å². The molecule has 0 unspecified atom stereocenters. The Balaban J connectivity index is 1.28. The molecule has 0 atom stereocenters. The topological polar surface area (TPSA) is 134 Å². The minimum Gasteiger partial charge on any atom is -0.463 e. The van der Waals surface area contributed by atoms with Gasteiger partial charge in [0.25, 0.3) is 5.91 Å². The van der Waals surface area contributed by atoms with Crippen LogP contribution < -0.4 is 5.32 Å². The lowest BCUT2D eigenvalue weighted by Gasteiger charge is -2.09. The lowest BCUT2D eigenvalue weighted by Crippen LogP contribution is -2.21. The van der Waals surface area contributed by atoms with Gasteiger partial charge in [0.1, 0.15) is 11.4 Å². The third-order valence-electron chi connectivity index (χ3n) is 5.42. The summed E-state index contributed by atoms with van der Waals surface area (Å²) in [6, 6.07) is 17.9. The zero-order valence-corrected chi connectivity index (χ0v) is 20.2. The molecule has 10 nitrogen and oxygen atoms in total. The maximum atomic E-state index is 12.7. The molecule has 1 N–H and O–H groups in total. The van der Waals surface area contributed by atoms with E-state index in [4.69, 9.17) is 18.3 Å². The number of hydrogen-bond acceptors (Lipinski definition) is 9. The fourth-order valence-corrected chi connectivity index (χ4v) is 3.67. The molecule has 1 amide bonds. The van der Waals surface area contributed by atoms with Crippen LogP contribution in [0.1, 0.15) is 27.6 Å². The molecule has 0 spiro atoms. The molecule has 38 heavy (non-hydrogen) atoms. The van der Waals surface area contributed by atoms with Crippen molar-refractivity contribution in [2.45, 2.75) is 6.92 Å². The highest BCUT2D eigenvalue weighted by Crippen LogP contribution is 2.31. The lowest BCUT2D eigenvalue weighted by molar-refractivity contribution is -0.119. The molecule has 0 saturated heterocycles. The minimum atomic E-state index is -0.698. The van der Waals surface area contributed by atoms with E-state index < -0.39 is 24.5 Å². The largest absolute Gasteiger partial charge is 0.463 e. The zero-order valence-electron chi connectivity index (χ0n) is 20.2. The van der Waals surface area contributed by atoms with Crippen molar-refractivity contribution in [3.05, 3.63) is 90.4 Å². The van der Waals surface area contributed by atoms with Crippen LogP contribution in [0, 0.1) is 0 Å². The van der Waals surface area contributed by atoms with Crippen molar-refractivity contribution in [3.8, 4) is 22.9 Å². The number of benzene rings is 2. The Kier molecular flexibility index (Phi) is 6.94. The first-order valence-electron chi connectivity index (χ1n) is 11.7. The Labute approximate surface area is 216 Å². The van der Waals surface area contributed by atoms with Crippen molar-refractivity contribution in [2.75, 3.05) is 18.5 Å². The molecule has 3 heterocycles. The molecule has 5 rings (SSSR count). The van der Waals surface area contributed by atoms with Crippen molar-refractivity contribution in [2.24, 2.45) is 0 Å². The monoisotopic (exact) mass is 511 g/mol. The van der Waals surface area contributed by atoms with Gasteiger partial charge in [0.15, 0.2) is 18.1 Å². The second-order valence-electron chi connectivity index (χ2n) is 8.00. The van der Waals surface area contributed by atoms with Gasteiger partial charge in [-0.15, -0.1) is 0 Å². The summed E-state index contributed by atoms with van der Waals surface area (Å²) in [6.45, 7) is 1.48. The highest BCUT2D eigenvalue weighted by Gasteiger charge is 2.19. The first kappa shape index (κ1) is 24.4. The number of amides is 1. The molecular weight excluding hydrogens is 490 g/mol. The molecule has 0 bridgehead atoms. The number of aromatic nitrogens is 2. The SMILES string of the molecule is CCOC(=O)c1ccc(NC(=O)COC(=O)c2ccc3nc(-c4ccco4)c(-c4ccco4)nc3c2)cc1. The van der Waals surface area contributed by atoms with Gasteiger partial charge in [0.2, 0.25) is 0 Å². The summed E-state index contributed by atoms with van der Waals surface area (Å²) in [4.78, 5) is 46.0. The number of fused-ring (bicyclic) bond motifs is 1. The molecular formula is C28H21N3O7. The molecule has 0 radical (unpaired) electrons. The second kappa shape index (κ2) is 10.8. The van der Waals surface area contributed by atoms with Gasteiger partial charge in [-0.3, -0.25) is 4.79 Å². The van der Waals surface area contributed by atoms with Crippen LogP contribution in [0.2, 0.25) is 0 Å². The van der Waals surface area contributed by atoms with Crippen LogP contribution in [0.5, 0.6) is 0 Å². The van der Waals surface area contributed by atoms with Gasteiger partial charge in [-0.2, -0.15) is 0 Å². The summed E-state index contributed by atoms with van der Waals surface area (Å²) in [7, 11) is 0. The van der Waals surface area contributed by atoms with Gasteiger partial charge in [-0.05, 0) is 73.7 Å². The Morgan fingerprint density at radius 1 is 0.763 bits per heavy atom. The van der Waals surface area contributed by atoms with E-state index in [0.29, 0.717) is 45.2 Å². The summed E-state index contributed by atoms with van der Waals surface area (Å²) in [5.41, 5.74) is 2.94. The Hall–Kier alpha value is -5.25. The second-order valence-corrected chi connectivity index (χ2v) is 8.00. The number of ether oxygens (including phenoxy) is 2. The van der Waals surface area contributed by atoms with Crippen LogP contribution in [-0.4, -0.2) is 41.0 Å². The zero-order chi connectivity index (χ0) is 26.5. The van der Waals surface area contributed by atoms with Gasteiger partial charge < -0.3 is 23.6 Å². The first-order chi connectivity index (χ1) is 18.5. The average molecular weight is 511 g/mol. The van der Waals surface area contributed by atoms with Crippen molar-refractivity contribution in [3.63, 3.8) is 0 Å². The average Bonchev–Trinajstić information content (AvgIpc) is 3.66. The predicted molar refractivity (Wildman–Crippen MR) is 136 cm³/mol. The number of carbonyl (C=O) groups is 3. The molecule has 0 fully saturated rings. The van der Waals surface area contributed by atoms with Crippen LogP contribution >= 0.6 is 0 Å². The number of furan rings is 2. The summed E-state index contributed by atoms with van der Waals surface area (Å²) in [5.74, 6) is -0.670. The van der Waals surface area contributed by atoms with E-state index in [1.165, 1.54) is 24.5 Å². The quantitative estimate of drug-likeness (QED) is 0.282. The van der Waals surface area contributed by atoms with Crippen molar-refractivity contribution < 1.29 is 32.7 Å². The normalized spacial score (nSPS) is 10.8. The van der Waals surface area contributed by atoms with E-state index in [1.807, 2.05) is 0 Å². The summed E-state index contributed by atoms with van der Waals surface area (Å²) in [6.07, 6.45) is 3.07. The molecule has 5 aromatic rings. The van der Waals surface area contributed by atoms with Crippen LogP contribution in [0.3, 0.4) is 0 Å². The maximum Gasteiger partial charge on any atom is 0.338 e. The summed E-state index contributed by atoms with van der Waals surface area (Å²) in [5, 5.41) is 2.61. The summed E-state index contributed by atoms with van der Waals surface area (Å²) >= 11 is 0. The van der Waals surface area contributed by atoms with Gasteiger partial charge in [0, 0.05) is 5.69 Å². The number of nitrogens with one attached hydrogen (secondary N) is 1. The molecule has 0 aliphatic heterocycles. The molecule has 0 saturated carbocycles. The van der Waals surface area contributed by atoms with Crippen molar-refractivity contribution in [1.29, 1.82) is 0 Å². The standard InChI is InChI=1S/C28H21N3O7/c1-2-35-27(33)17-7-10-19(11-8-17)29-24(32)16-38-28(34)18-9-12-20-21(15-18)31-26(23-6-4-14-37-23)25(30-20)22-5-3-13-36-22/h3-15H,2,16H2,1H3,(H,29,32). The van der Waals surface area contributed by atoms with E-state index in [-0.39, 0.29) is 12.2 Å². The number of anilines is 1. The predicted octanol–water partition coefficient (Wildman–Crippen LogP) is 5.12. The minimum absolute atomic E-state index is 0.203. The van der Waals surface area contributed by atoms with E-state index in [0.717, 1.165) is 0 Å².